The molecule has 1 aliphatic heterocycles. The minimum Gasteiger partial charge on any atom is -0.337 e. The normalized spacial score (nSPS) is 19.4. The largest absolute Gasteiger partial charge is 0.337 e. The molecule has 1 atom stereocenters. The summed E-state index contributed by atoms with van der Waals surface area (Å²) in [6.45, 7) is 1.55. The zero-order valence-corrected chi connectivity index (χ0v) is 11.2. The first-order chi connectivity index (χ1) is 9.34. The van der Waals surface area contributed by atoms with Gasteiger partial charge in [-0.05, 0) is 18.9 Å². The summed E-state index contributed by atoms with van der Waals surface area (Å²) in [5.41, 5.74) is 2.72. The lowest BCUT2D eigenvalue weighted by Gasteiger charge is -2.32. The molecule has 1 amide bonds. The highest BCUT2D eigenvalue weighted by molar-refractivity contribution is 7.11. The smallest absolute Gasteiger partial charge is 0.265 e. The average molecular weight is 274 g/mol. The SMILES string of the molecule is O=C(c1cncs1)N1CCC[C@H](c2ccncn2)C1. The van der Waals surface area contributed by atoms with Gasteiger partial charge in [-0.3, -0.25) is 9.78 Å². The van der Waals surface area contributed by atoms with Crippen LogP contribution in [0, 0.1) is 0 Å². The van der Waals surface area contributed by atoms with Crippen molar-refractivity contribution in [2.24, 2.45) is 0 Å². The number of carbonyl (C=O) groups is 1. The molecular formula is C13H14N4OS. The van der Waals surface area contributed by atoms with Gasteiger partial charge in [0.1, 0.15) is 11.2 Å². The first-order valence-corrected chi connectivity index (χ1v) is 7.16. The van der Waals surface area contributed by atoms with Crippen LogP contribution in [0.5, 0.6) is 0 Å². The standard InChI is InChI=1S/C13H14N4OS/c18-13(12-6-15-9-19-12)17-5-1-2-10(7-17)11-3-4-14-8-16-11/h3-4,6,8-10H,1-2,5,7H2/t10-/m0/s1. The molecule has 3 rings (SSSR count). The third-order valence-corrected chi connectivity index (χ3v) is 4.14. The van der Waals surface area contributed by atoms with Crippen molar-refractivity contribution in [1.82, 2.24) is 19.9 Å². The van der Waals surface area contributed by atoms with Crippen LogP contribution >= 0.6 is 11.3 Å². The Labute approximate surface area is 115 Å². The lowest BCUT2D eigenvalue weighted by Crippen LogP contribution is -2.39. The van der Waals surface area contributed by atoms with E-state index in [9.17, 15) is 4.79 Å². The number of likely N-dealkylation sites (tertiary alicyclic amines) is 1. The Morgan fingerprint density at radius 3 is 3.11 bits per heavy atom. The van der Waals surface area contributed by atoms with E-state index in [1.807, 2.05) is 11.0 Å². The minimum absolute atomic E-state index is 0.0845. The van der Waals surface area contributed by atoms with Crippen molar-refractivity contribution in [1.29, 1.82) is 0 Å². The molecule has 6 heteroatoms. The second-order valence-electron chi connectivity index (χ2n) is 4.59. The quantitative estimate of drug-likeness (QED) is 0.840. The van der Waals surface area contributed by atoms with Gasteiger partial charge < -0.3 is 4.90 Å². The molecular weight excluding hydrogens is 260 g/mol. The van der Waals surface area contributed by atoms with E-state index in [-0.39, 0.29) is 5.91 Å². The summed E-state index contributed by atoms with van der Waals surface area (Å²) >= 11 is 1.39. The van der Waals surface area contributed by atoms with E-state index in [0.29, 0.717) is 10.8 Å². The second-order valence-corrected chi connectivity index (χ2v) is 5.48. The van der Waals surface area contributed by atoms with Crippen LogP contribution in [-0.2, 0) is 0 Å². The lowest BCUT2D eigenvalue weighted by molar-refractivity contribution is 0.0710. The van der Waals surface area contributed by atoms with E-state index in [4.69, 9.17) is 0 Å². The van der Waals surface area contributed by atoms with Crippen LogP contribution in [0.15, 0.2) is 30.3 Å². The molecule has 2 aromatic heterocycles. The van der Waals surface area contributed by atoms with Crippen molar-refractivity contribution in [3.8, 4) is 0 Å². The van der Waals surface area contributed by atoms with E-state index in [1.165, 1.54) is 11.3 Å². The molecule has 1 fully saturated rings. The van der Waals surface area contributed by atoms with Crippen molar-refractivity contribution < 1.29 is 4.79 Å². The van der Waals surface area contributed by atoms with Crippen LogP contribution in [0.4, 0.5) is 0 Å². The predicted octanol–water partition coefficient (Wildman–Crippen LogP) is 1.95. The van der Waals surface area contributed by atoms with Gasteiger partial charge in [-0.2, -0.15) is 0 Å². The number of aromatic nitrogens is 3. The Kier molecular flexibility index (Phi) is 3.50. The maximum atomic E-state index is 12.3. The van der Waals surface area contributed by atoms with Crippen molar-refractivity contribution >= 4 is 17.2 Å². The molecule has 1 saturated heterocycles. The fraction of sp³-hybridized carbons (Fsp3) is 0.385. The van der Waals surface area contributed by atoms with Crippen molar-refractivity contribution in [3.05, 3.63) is 40.9 Å². The van der Waals surface area contributed by atoms with Gasteiger partial charge in [-0.15, -0.1) is 11.3 Å². The Bertz CT molecular complexity index is 543. The monoisotopic (exact) mass is 274 g/mol. The number of piperidine rings is 1. The van der Waals surface area contributed by atoms with Crippen LogP contribution in [-0.4, -0.2) is 38.8 Å². The molecule has 0 radical (unpaired) electrons. The zero-order valence-electron chi connectivity index (χ0n) is 10.4. The van der Waals surface area contributed by atoms with Gasteiger partial charge in [0.25, 0.3) is 5.91 Å². The highest BCUT2D eigenvalue weighted by Gasteiger charge is 2.26. The summed E-state index contributed by atoms with van der Waals surface area (Å²) in [7, 11) is 0. The predicted molar refractivity (Wildman–Crippen MR) is 72.0 cm³/mol. The Morgan fingerprint density at radius 2 is 2.37 bits per heavy atom. The van der Waals surface area contributed by atoms with Gasteiger partial charge in [0.2, 0.25) is 0 Å². The molecule has 0 saturated carbocycles. The first kappa shape index (κ1) is 12.2. The highest BCUT2D eigenvalue weighted by Crippen LogP contribution is 2.26. The van der Waals surface area contributed by atoms with Gasteiger partial charge in [0.15, 0.2) is 0 Å². The van der Waals surface area contributed by atoms with E-state index in [1.54, 1.807) is 24.2 Å². The van der Waals surface area contributed by atoms with E-state index in [2.05, 4.69) is 15.0 Å². The summed E-state index contributed by atoms with van der Waals surface area (Å²) in [6, 6.07) is 1.94. The average Bonchev–Trinajstić information content (AvgIpc) is 3.02. The molecule has 5 nitrogen and oxygen atoms in total. The van der Waals surface area contributed by atoms with Crippen LogP contribution in [0.1, 0.15) is 34.1 Å². The Hall–Kier alpha value is -1.82. The second kappa shape index (κ2) is 5.44. The van der Waals surface area contributed by atoms with Crippen molar-refractivity contribution in [2.75, 3.05) is 13.1 Å². The molecule has 98 valence electrons. The number of thiazole rings is 1. The van der Waals surface area contributed by atoms with Crippen LogP contribution in [0.3, 0.4) is 0 Å². The zero-order chi connectivity index (χ0) is 13.1. The van der Waals surface area contributed by atoms with Crippen LogP contribution in [0.25, 0.3) is 0 Å². The number of hydrogen-bond donors (Lipinski definition) is 0. The van der Waals surface area contributed by atoms with E-state index >= 15 is 0 Å². The van der Waals surface area contributed by atoms with Gasteiger partial charge in [-0.1, -0.05) is 0 Å². The van der Waals surface area contributed by atoms with Gasteiger partial charge in [0, 0.05) is 30.9 Å². The van der Waals surface area contributed by atoms with Crippen LogP contribution in [0.2, 0.25) is 0 Å². The van der Waals surface area contributed by atoms with Gasteiger partial charge >= 0.3 is 0 Å². The molecule has 3 heterocycles. The summed E-state index contributed by atoms with van der Waals surface area (Å²) in [4.78, 5) is 27.1. The Morgan fingerprint density at radius 1 is 1.42 bits per heavy atom. The molecule has 0 bridgehead atoms. The highest BCUT2D eigenvalue weighted by atomic mass is 32.1. The fourth-order valence-electron chi connectivity index (χ4n) is 2.42. The maximum absolute atomic E-state index is 12.3. The first-order valence-electron chi connectivity index (χ1n) is 6.28. The molecule has 0 aliphatic carbocycles. The summed E-state index contributed by atoms with van der Waals surface area (Å²) in [5, 5.41) is 0. The molecule has 1 aliphatic rings. The van der Waals surface area contributed by atoms with Crippen molar-refractivity contribution in [2.45, 2.75) is 18.8 Å². The Balaban J connectivity index is 1.73. The topological polar surface area (TPSA) is 59.0 Å². The van der Waals surface area contributed by atoms with Crippen LogP contribution < -0.4 is 0 Å². The number of carbonyl (C=O) groups excluding carboxylic acids is 1. The number of amides is 1. The molecule has 2 aromatic rings. The number of nitrogens with zero attached hydrogens (tertiary/aromatic N) is 4. The molecule has 0 spiro atoms. The third-order valence-electron chi connectivity index (χ3n) is 3.37. The third kappa shape index (κ3) is 2.63. The summed E-state index contributed by atoms with van der Waals surface area (Å²) in [5.74, 6) is 0.398. The summed E-state index contributed by atoms with van der Waals surface area (Å²) in [6.07, 6.45) is 7.05. The molecule has 0 unspecified atom stereocenters. The van der Waals surface area contributed by atoms with Gasteiger partial charge in [0.05, 0.1) is 11.7 Å². The van der Waals surface area contributed by atoms with Gasteiger partial charge in [-0.25, -0.2) is 9.97 Å². The number of hydrogen-bond acceptors (Lipinski definition) is 5. The molecule has 19 heavy (non-hydrogen) atoms. The van der Waals surface area contributed by atoms with Crippen molar-refractivity contribution in [3.63, 3.8) is 0 Å². The maximum Gasteiger partial charge on any atom is 0.265 e. The van der Waals surface area contributed by atoms with E-state index in [0.717, 1.165) is 31.6 Å². The lowest BCUT2D eigenvalue weighted by atomic mass is 9.94. The minimum atomic E-state index is 0.0845. The number of rotatable bonds is 2. The summed E-state index contributed by atoms with van der Waals surface area (Å²) < 4.78 is 0. The van der Waals surface area contributed by atoms with E-state index < -0.39 is 0 Å². The fourth-order valence-corrected chi connectivity index (χ4v) is 3.01. The molecule has 0 N–H and O–H groups in total. The molecule has 0 aromatic carbocycles.